The molecular formula is C18H17N3O4S. The Morgan fingerprint density at radius 1 is 1.12 bits per heavy atom. The van der Waals surface area contributed by atoms with Gasteiger partial charge < -0.3 is 9.84 Å². The minimum Gasteiger partial charge on any atom is -0.339 e. The highest BCUT2D eigenvalue weighted by molar-refractivity contribution is 7.90. The van der Waals surface area contributed by atoms with E-state index in [2.05, 4.69) is 15.5 Å². The van der Waals surface area contributed by atoms with Crippen molar-refractivity contribution in [3.63, 3.8) is 0 Å². The van der Waals surface area contributed by atoms with E-state index in [4.69, 9.17) is 4.52 Å². The molecule has 0 aliphatic heterocycles. The fourth-order valence-corrected chi connectivity index (χ4v) is 3.07. The molecule has 7 nitrogen and oxygen atoms in total. The van der Waals surface area contributed by atoms with Crippen molar-refractivity contribution < 1.29 is 17.7 Å². The van der Waals surface area contributed by atoms with Crippen LogP contribution in [0.15, 0.2) is 51.9 Å². The average molecular weight is 371 g/mol. The zero-order valence-electron chi connectivity index (χ0n) is 14.5. The summed E-state index contributed by atoms with van der Waals surface area (Å²) in [6, 6.07) is 11.5. The quantitative estimate of drug-likeness (QED) is 0.756. The number of aryl methyl sites for hydroxylation is 2. The van der Waals surface area contributed by atoms with Crippen LogP contribution in [0.3, 0.4) is 0 Å². The number of nitrogens with one attached hydrogen (secondary N) is 1. The molecule has 3 rings (SSSR count). The molecule has 1 amide bonds. The molecule has 1 aromatic heterocycles. The Labute approximate surface area is 151 Å². The first-order chi connectivity index (χ1) is 12.2. The van der Waals surface area contributed by atoms with Crippen LogP contribution < -0.4 is 5.32 Å². The minimum absolute atomic E-state index is 0.101. The third-order valence-electron chi connectivity index (χ3n) is 3.79. The molecule has 0 atom stereocenters. The van der Waals surface area contributed by atoms with Gasteiger partial charge in [-0.2, -0.15) is 4.98 Å². The fourth-order valence-electron chi connectivity index (χ4n) is 2.43. The highest BCUT2D eigenvalue weighted by atomic mass is 32.2. The number of anilines is 1. The third kappa shape index (κ3) is 3.80. The Morgan fingerprint density at radius 2 is 1.88 bits per heavy atom. The lowest BCUT2D eigenvalue weighted by Crippen LogP contribution is -2.14. The molecule has 0 radical (unpaired) electrons. The van der Waals surface area contributed by atoms with Crippen LogP contribution in [0.2, 0.25) is 0 Å². The van der Waals surface area contributed by atoms with Crippen molar-refractivity contribution in [2.45, 2.75) is 18.7 Å². The van der Waals surface area contributed by atoms with E-state index in [9.17, 15) is 13.2 Å². The molecule has 0 aliphatic rings. The van der Waals surface area contributed by atoms with Gasteiger partial charge in [0.05, 0.1) is 4.90 Å². The zero-order valence-corrected chi connectivity index (χ0v) is 15.3. The van der Waals surface area contributed by atoms with Crippen LogP contribution in [0.4, 0.5) is 5.69 Å². The highest BCUT2D eigenvalue weighted by Gasteiger charge is 2.15. The summed E-state index contributed by atoms with van der Waals surface area (Å²) in [5.74, 6) is 0.478. The van der Waals surface area contributed by atoms with E-state index in [1.807, 2.05) is 0 Å². The van der Waals surface area contributed by atoms with Crippen molar-refractivity contribution in [3.8, 4) is 11.4 Å². The number of aromatic nitrogens is 2. The molecule has 1 N–H and O–H groups in total. The number of benzene rings is 2. The standard InChI is InChI=1S/C18H17N3O4S/c1-11-7-8-15(26(3,23)24)10-16(11)18(22)20-14-6-4-5-13(9-14)17-19-12(2)25-21-17/h4-10H,1-3H3,(H,20,22). The number of rotatable bonds is 4. The van der Waals surface area contributed by atoms with Gasteiger partial charge in [0.2, 0.25) is 11.7 Å². The van der Waals surface area contributed by atoms with Gasteiger partial charge in [0.25, 0.3) is 5.91 Å². The van der Waals surface area contributed by atoms with Crippen molar-refractivity contribution >= 4 is 21.4 Å². The largest absolute Gasteiger partial charge is 0.339 e. The van der Waals surface area contributed by atoms with Crippen LogP contribution in [0.5, 0.6) is 0 Å². The molecule has 26 heavy (non-hydrogen) atoms. The summed E-state index contributed by atoms with van der Waals surface area (Å²) in [7, 11) is -3.40. The van der Waals surface area contributed by atoms with Crippen LogP contribution in [0.25, 0.3) is 11.4 Å². The van der Waals surface area contributed by atoms with Crippen molar-refractivity contribution in [3.05, 3.63) is 59.5 Å². The first kappa shape index (κ1) is 17.8. The van der Waals surface area contributed by atoms with Gasteiger partial charge in [-0.1, -0.05) is 23.4 Å². The second-order valence-corrected chi connectivity index (χ2v) is 7.94. The molecule has 134 valence electrons. The van der Waals surface area contributed by atoms with Gasteiger partial charge in [0, 0.05) is 30.0 Å². The maximum absolute atomic E-state index is 12.6. The van der Waals surface area contributed by atoms with Gasteiger partial charge >= 0.3 is 0 Å². The average Bonchev–Trinajstić information content (AvgIpc) is 3.01. The van der Waals surface area contributed by atoms with E-state index >= 15 is 0 Å². The van der Waals surface area contributed by atoms with Gasteiger partial charge in [-0.15, -0.1) is 0 Å². The number of nitrogens with zero attached hydrogens (tertiary/aromatic N) is 2. The first-order valence-corrected chi connectivity index (χ1v) is 9.66. The molecule has 0 fully saturated rings. The monoisotopic (exact) mass is 371 g/mol. The third-order valence-corrected chi connectivity index (χ3v) is 4.90. The van der Waals surface area contributed by atoms with Gasteiger partial charge in [0.15, 0.2) is 9.84 Å². The molecule has 3 aromatic rings. The van der Waals surface area contributed by atoms with Crippen molar-refractivity contribution in [2.75, 3.05) is 11.6 Å². The molecule has 1 heterocycles. The molecule has 0 aliphatic carbocycles. The van der Waals surface area contributed by atoms with Gasteiger partial charge in [-0.05, 0) is 36.8 Å². The molecule has 2 aromatic carbocycles. The minimum atomic E-state index is -3.40. The molecule has 0 saturated heterocycles. The lowest BCUT2D eigenvalue weighted by Gasteiger charge is -2.10. The van der Waals surface area contributed by atoms with Crippen LogP contribution in [-0.2, 0) is 9.84 Å². The van der Waals surface area contributed by atoms with E-state index in [1.54, 1.807) is 44.2 Å². The van der Waals surface area contributed by atoms with Crippen molar-refractivity contribution in [1.82, 2.24) is 10.1 Å². The van der Waals surface area contributed by atoms with Crippen molar-refractivity contribution in [2.24, 2.45) is 0 Å². The maximum atomic E-state index is 12.6. The van der Waals surface area contributed by atoms with Crippen molar-refractivity contribution in [1.29, 1.82) is 0 Å². The Morgan fingerprint density at radius 3 is 2.54 bits per heavy atom. The normalized spacial score (nSPS) is 11.3. The number of carbonyl (C=O) groups excluding carboxylic acids is 1. The summed E-state index contributed by atoms with van der Waals surface area (Å²) in [5.41, 5.74) is 2.22. The van der Waals surface area contributed by atoms with E-state index in [1.165, 1.54) is 12.1 Å². The molecule has 8 heteroatoms. The summed E-state index contributed by atoms with van der Waals surface area (Å²) >= 11 is 0. The summed E-state index contributed by atoms with van der Waals surface area (Å²) < 4.78 is 28.4. The van der Waals surface area contributed by atoms with Crippen LogP contribution in [0.1, 0.15) is 21.8 Å². The summed E-state index contributed by atoms with van der Waals surface area (Å²) in [6.45, 7) is 3.44. The molecule has 0 saturated carbocycles. The van der Waals surface area contributed by atoms with E-state index in [0.717, 1.165) is 6.26 Å². The maximum Gasteiger partial charge on any atom is 0.255 e. The van der Waals surface area contributed by atoms with Gasteiger partial charge in [0.1, 0.15) is 0 Å². The fraction of sp³-hybridized carbons (Fsp3) is 0.167. The predicted octanol–water partition coefficient (Wildman–Crippen LogP) is 3.01. The number of hydrogen-bond donors (Lipinski definition) is 1. The summed E-state index contributed by atoms with van der Waals surface area (Å²) in [5, 5.41) is 6.63. The predicted molar refractivity (Wildman–Crippen MR) is 96.7 cm³/mol. The molecular weight excluding hydrogens is 354 g/mol. The number of sulfone groups is 1. The lowest BCUT2D eigenvalue weighted by atomic mass is 10.1. The number of hydrogen-bond acceptors (Lipinski definition) is 6. The Balaban J connectivity index is 1.89. The smallest absolute Gasteiger partial charge is 0.255 e. The van der Waals surface area contributed by atoms with E-state index in [0.29, 0.717) is 34.1 Å². The van der Waals surface area contributed by atoms with Gasteiger partial charge in [-0.3, -0.25) is 4.79 Å². The number of amides is 1. The SMILES string of the molecule is Cc1nc(-c2cccc(NC(=O)c3cc(S(C)(=O)=O)ccc3C)c2)no1. The Bertz CT molecular complexity index is 1090. The molecule has 0 bridgehead atoms. The zero-order chi connectivity index (χ0) is 18.9. The number of carbonyl (C=O) groups is 1. The lowest BCUT2D eigenvalue weighted by molar-refractivity contribution is 0.102. The van der Waals surface area contributed by atoms with Crippen LogP contribution in [-0.4, -0.2) is 30.7 Å². The van der Waals surface area contributed by atoms with E-state index < -0.39 is 15.7 Å². The highest BCUT2D eigenvalue weighted by Crippen LogP contribution is 2.22. The van der Waals surface area contributed by atoms with Crippen LogP contribution in [0, 0.1) is 13.8 Å². The Hall–Kier alpha value is -3.00. The van der Waals surface area contributed by atoms with Gasteiger partial charge in [-0.25, -0.2) is 8.42 Å². The molecule has 0 spiro atoms. The van der Waals surface area contributed by atoms with E-state index in [-0.39, 0.29) is 4.90 Å². The topological polar surface area (TPSA) is 102 Å². The first-order valence-electron chi connectivity index (χ1n) is 7.77. The van der Waals surface area contributed by atoms with Crippen LogP contribution >= 0.6 is 0 Å². The second-order valence-electron chi connectivity index (χ2n) is 5.92. The second kappa shape index (κ2) is 6.72. The molecule has 0 unspecified atom stereocenters. The Kier molecular flexibility index (Phi) is 4.60. The summed E-state index contributed by atoms with van der Waals surface area (Å²) in [4.78, 5) is 16.9. The summed E-state index contributed by atoms with van der Waals surface area (Å²) in [6.07, 6.45) is 1.11.